The van der Waals surface area contributed by atoms with E-state index in [9.17, 15) is 13.2 Å². The molecule has 27 heavy (non-hydrogen) atoms. The summed E-state index contributed by atoms with van der Waals surface area (Å²) in [4.78, 5) is 14.0. The summed E-state index contributed by atoms with van der Waals surface area (Å²) in [5.41, 5.74) is 0.435. The Bertz CT molecular complexity index is 840. The van der Waals surface area contributed by atoms with Crippen LogP contribution in [0.1, 0.15) is 48.0 Å². The number of sulfonamides is 1. The predicted octanol–water partition coefficient (Wildman–Crippen LogP) is 4.12. The molecule has 0 unspecified atom stereocenters. The van der Waals surface area contributed by atoms with Gasteiger partial charge in [-0.1, -0.05) is 38.8 Å². The molecule has 0 bridgehead atoms. The average Bonchev–Trinajstić information content (AvgIpc) is 3.21. The zero-order chi connectivity index (χ0) is 19.9. The molecule has 0 radical (unpaired) electrons. The standard InChI is InChI=1S/C20H26N2O3S2/c1-4-13-21-27(24,25)17-11-9-16(10-12-17)20(23)22-19(15(5-2)6-3)18-8-7-14-26-18/h4,7-12,14-15,19,21H,1,5-6,13H2,2-3H3,(H,22,23)/t19-/m1/s1. The number of amides is 1. The van der Waals surface area contributed by atoms with Crippen LogP contribution < -0.4 is 10.0 Å². The Hall–Kier alpha value is -1.96. The summed E-state index contributed by atoms with van der Waals surface area (Å²) < 4.78 is 26.6. The lowest BCUT2D eigenvalue weighted by molar-refractivity contribution is 0.0920. The third-order valence-corrected chi connectivity index (χ3v) is 6.90. The lowest BCUT2D eigenvalue weighted by atomic mass is 9.92. The minimum Gasteiger partial charge on any atom is -0.344 e. The fraction of sp³-hybridized carbons (Fsp3) is 0.350. The molecule has 1 aromatic carbocycles. The van der Waals surface area contributed by atoms with Crippen molar-refractivity contribution in [2.75, 3.05) is 6.54 Å². The highest BCUT2D eigenvalue weighted by molar-refractivity contribution is 7.89. The second-order valence-electron chi connectivity index (χ2n) is 6.21. The maximum atomic E-state index is 12.7. The quantitative estimate of drug-likeness (QED) is 0.583. The van der Waals surface area contributed by atoms with Crippen molar-refractivity contribution in [1.29, 1.82) is 0 Å². The van der Waals surface area contributed by atoms with Gasteiger partial charge in [-0.15, -0.1) is 17.9 Å². The molecule has 7 heteroatoms. The van der Waals surface area contributed by atoms with Crippen LogP contribution >= 0.6 is 11.3 Å². The minimum atomic E-state index is -3.60. The summed E-state index contributed by atoms with van der Waals surface area (Å²) in [6.07, 6.45) is 3.40. The van der Waals surface area contributed by atoms with E-state index in [4.69, 9.17) is 0 Å². The molecule has 0 aliphatic heterocycles. The van der Waals surface area contributed by atoms with Gasteiger partial charge in [0.1, 0.15) is 0 Å². The first-order chi connectivity index (χ1) is 12.9. The summed E-state index contributed by atoms with van der Waals surface area (Å²) in [6, 6.07) is 9.93. The number of benzene rings is 1. The van der Waals surface area contributed by atoms with Crippen molar-refractivity contribution in [3.05, 3.63) is 64.9 Å². The first-order valence-electron chi connectivity index (χ1n) is 8.97. The van der Waals surface area contributed by atoms with Gasteiger partial charge in [0.2, 0.25) is 10.0 Å². The second-order valence-corrected chi connectivity index (χ2v) is 8.95. The SMILES string of the molecule is C=CCNS(=O)(=O)c1ccc(C(=O)N[C@@H](c2cccs2)C(CC)CC)cc1. The normalized spacial score (nSPS) is 12.7. The summed E-state index contributed by atoms with van der Waals surface area (Å²) >= 11 is 1.63. The Morgan fingerprint density at radius 2 is 1.85 bits per heavy atom. The van der Waals surface area contributed by atoms with Crippen LogP contribution in [0.15, 0.2) is 59.3 Å². The van der Waals surface area contributed by atoms with Gasteiger partial charge in [-0.25, -0.2) is 13.1 Å². The molecule has 146 valence electrons. The van der Waals surface area contributed by atoms with Crippen molar-refractivity contribution >= 4 is 27.3 Å². The van der Waals surface area contributed by atoms with Crippen molar-refractivity contribution in [2.24, 2.45) is 5.92 Å². The van der Waals surface area contributed by atoms with Gasteiger partial charge < -0.3 is 5.32 Å². The largest absolute Gasteiger partial charge is 0.344 e. The van der Waals surface area contributed by atoms with Gasteiger partial charge in [0.05, 0.1) is 10.9 Å². The average molecular weight is 407 g/mol. The second kappa shape index (κ2) is 9.82. The topological polar surface area (TPSA) is 75.3 Å². The lowest BCUT2D eigenvalue weighted by Gasteiger charge is -2.25. The number of nitrogens with one attached hydrogen (secondary N) is 2. The molecule has 0 aliphatic carbocycles. The van der Waals surface area contributed by atoms with E-state index in [1.165, 1.54) is 30.3 Å². The van der Waals surface area contributed by atoms with E-state index in [0.29, 0.717) is 11.5 Å². The third-order valence-electron chi connectivity index (χ3n) is 4.50. The molecular formula is C20H26N2O3S2. The van der Waals surface area contributed by atoms with Crippen molar-refractivity contribution in [2.45, 2.75) is 37.6 Å². The van der Waals surface area contributed by atoms with Crippen LogP contribution in [-0.4, -0.2) is 20.9 Å². The smallest absolute Gasteiger partial charge is 0.251 e. The Morgan fingerprint density at radius 3 is 2.37 bits per heavy atom. The Morgan fingerprint density at radius 1 is 1.19 bits per heavy atom. The van der Waals surface area contributed by atoms with Crippen LogP contribution in [0, 0.1) is 5.92 Å². The molecule has 2 aromatic rings. The Kier molecular flexibility index (Phi) is 7.77. The molecule has 0 saturated heterocycles. The van der Waals surface area contributed by atoms with Crippen molar-refractivity contribution in [1.82, 2.24) is 10.0 Å². The number of thiophene rings is 1. The van der Waals surface area contributed by atoms with Crippen molar-refractivity contribution in [3.63, 3.8) is 0 Å². The van der Waals surface area contributed by atoms with Crippen LogP contribution in [0.3, 0.4) is 0 Å². The third kappa shape index (κ3) is 5.51. The van der Waals surface area contributed by atoms with Gasteiger partial charge in [0.15, 0.2) is 0 Å². The molecular weight excluding hydrogens is 380 g/mol. The van der Waals surface area contributed by atoms with E-state index >= 15 is 0 Å². The van der Waals surface area contributed by atoms with Crippen LogP contribution in [0.4, 0.5) is 0 Å². The summed E-state index contributed by atoms with van der Waals surface area (Å²) in [5.74, 6) is 0.138. The van der Waals surface area contributed by atoms with E-state index in [1.54, 1.807) is 11.3 Å². The highest BCUT2D eigenvalue weighted by atomic mass is 32.2. The number of rotatable bonds is 10. The first kappa shape index (κ1) is 21.3. The van der Waals surface area contributed by atoms with Gasteiger partial charge in [-0.3, -0.25) is 4.79 Å². The maximum absolute atomic E-state index is 12.7. The number of hydrogen-bond donors (Lipinski definition) is 2. The maximum Gasteiger partial charge on any atom is 0.251 e. The van der Waals surface area contributed by atoms with Crippen LogP contribution in [0.2, 0.25) is 0 Å². The fourth-order valence-corrected chi connectivity index (χ4v) is 4.78. The Balaban J connectivity index is 2.17. The number of carbonyl (C=O) groups is 1. The van der Waals surface area contributed by atoms with Gasteiger partial charge >= 0.3 is 0 Å². The number of carbonyl (C=O) groups excluding carboxylic acids is 1. The van der Waals surface area contributed by atoms with Crippen molar-refractivity contribution < 1.29 is 13.2 Å². The first-order valence-corrected chi connectivity index (χ1v) is 11.3. The van der Waals surface area contributed by atoms with Crippen molar-refractivity contribution in [3.8, 4) is 0 Å². The zero-order valence-electron chi connectivity index (χ0n) is 15.6. The molecule has 2 N–H and O–H groups in total. The molecule has 0 saturated carbocycles. The minimum absolute atomic E-state index is 0.0508. The molecule has 0 spiro atoms. The van der Waals surface area contributed by atoms with E-state index in [0.717, 1.165) is 17.7 Å². The molecule has 1 atom stereocenters. The van der Waals surface area contributed by atoms with E-state index in [1.807, 2.05) is 17.5 Å². The summed E-state index contributed by atoms with van der Waals surface area (Å²) in [7, 11) is -3.60. The van der Waals surface area contributed by atoms with Gasteiger partial charge in [0.25, 0.3) is 5.91 Å². The molecule has 1 amide bonds. The fourth-order valence-electron chi connectivity index (χ4n) is 2.91. The molecule has 0 aliphatic rings. The van der Waals surface area contributed by atoms with Crippen LogP contribution in [0.25, 0.3) is 0 Å². The molecule has 5 nitrogen and oxygen atoms in total. The zero-order valence-corrected chi connectivity index (χ0v) is 17.3. The molecule has 1 heterocycles. The monoisotopic (exact) mass is 406 g/mol. The molecule has 1 aromatic heterocycles. The van der Waals surface area contributed by atoms with Crippen LogP contribution in [0.5, 0.6) is 0 Å². The predicted molar refractivity (Wildman–Crippen MR) is 110 cm³/mol. The van der Waals surface area contributed by atoms with Gasteiger partial charge in [-0.05, 0) is 41.6 Å². The lowest BCUT2D eigenvalue weighted by Crippen LogP contribution is -2.32. The molecule has 2 rings (SSSR count). The van der Waals surface area contributed by atoms with Gasteiger partial charge in [0, 0.05) is 17.0 Å². The highest BCUT2D eigenvalue weighted by Gasteiger charge is 2.24. The summed E-state index contributed by atoms with van der Waals surface area (Å²) in [6.45, 7) is 7.89. The highest BCUT2D eigenvalue weighted by Crippen LogP contribution is 2.30. The van der Waals surface area contributed by atoms with E-state index in [-0.39, 0.29) is 23.4 Å². The number of hydrogen-bond acceptors (Lipinski definition) is 4. The van der Waals surface area contributed by atoms with E-state index in [2.05, 4.69) is 30.5 Å². The summed E-state index contributed by atoms with van der Waals surface area (Å²) in [5, 5.41) is 5.13. The molecule has 0 fully saturated rings. The Labute approximate surface area is 165 Å². The van der Waals surface area contributed by atoms with Crippen LogP contribution in [-0.2, 0) is 10.0 Å². The van der Waals surface area contributed by atoms with Gasteiger partial charge in [-0.2, -0.15) is 0 Å². The van der Waals surface area contributed by atoms with E-state index < -0.39 is 10.0 Å².